The van der Waals surface area contributed by atoms with Gasteiger partial charge in [0.05, 0.1) is 0 Å². The van der Waals surface area contributed by atoms with E-state index < -0.39 is 6.09 Å². The van der Waals surface area contributed by atoms with Crippen LogP contribution < -0.4 is 11.1 Å². The second-order valence-corrected chi connectivity index (χ2v) is 4.99. The Bertz CT molecular complexity index is 345. The molecule has 1 atom stereocenters. The highest BCUT2D eigenvalue weighted by Gasteiger charge is 2.44. The van der Waals surface area contributed by atoms with E-state index in [2.05, 4.69) is 17.5 Å². The Hall–Kier alpha value is -1.29. The van der Waals surface area contributed by atoms with Gasteiger partial charge in [-0.2, -0.15) is 0 Å². The predicted octanol–water partition coefficient (Wildman–Crippen LogP) is 1.58. The monoisotopic (exact) mass is 236 g/mol. The highest BCUT2D eigenvalue weighted by molar-refractivity contribution is 5.64. The van der Waals surface area contributed by atoms with E-state index in [-0.39, 0.29) is 5.41 Å². The van der Waals surface area contributed by atoms with Gasteiger partial charge in [-0.3, -0.25) is 0 Å². The fourth-order valence-electron chi connectivity index (χ4n) is 2.74. The number of carbonyl (C=O) groups is 1. The van der Waals surface area contributed by atoms with Crippen LogP contribution in [0, 0.1) is 11.3 Å². The molecule has 3 N–H and O–H groups in total. The molecule has 1 unspecified atom stereocenters. The minimum Gasteiger partial charge on any atom is -0.449 e. The lowest BCUT2D eigenvalue weighted by atomic mass is 9.61. The van der Waals surface area contributed by atoms with Gasteiger partial charge in [0, 0.05) is 11.5 Å². The van der Waals surface area contributed by atoms with Gasteiger partial charge in [0.15, 0.2) is 0 Å². The first-order chi connectivity index (χ1) is 8.16. The Labute approximate surface area is 102 Å². The van der Waals surface area contributed by atoms with Crippen molar-refractivity contribution in [3.63, 3.8) is 0 Å². The molecular weight excluding hydrogens is 216 g/mol. The van der Waals surface area contributed by atoms with Crippen LogP contribution in [-0.4, -0.2) is 25.8 Å². The van der Waals surface area contributed by atoms with E-state index in [1.54, 1.807) is 0 Å². The first-order valence-corrected chi connectivity index (χ1v) is 6.10. The Morgan fingerprint density at radius 3 is 2.82 bits per heavy atom. The molecule has 2 aliphatic carbocycles. The predicted molar refractivity (Wildman–Crippen MR) is 66.4 cm³/mol. The van der Waals surface area contributed by atoms with Crippen LogP contribution in [0.3, 0.4) is 0 Å². The van der Waals surface area contributed by atoms with Crippen LogP contribution in [0.5, 0.6) is 0 Å². The Morgan fingerprint density at radius 1 is 1.53 bits per heavy atom. The van der Waals surface area contributed by atoms with Crippen molar-refractivity contribution in [1.82, 2.24) is 5.32 Å². The second kappa shape index (κ2) is 4.92. The van der Waals surface area contributed by atoms with Crippen molar-refractivity contribution in [1.29, 1.82) is 0 Å². The number of nitrogens with two attached hydrogens (primary N) is 1. The van der Waals surface area contributed by atoms with Gasteiger partial charge in [0.1, 0.15) is 6.61 Å². The molecule has 0 aromatic heterocycles. The van der Waals surface area contributed by atoms with E-state index >= 15 is 0 Å². The maximum absolute atomic E-state index is 10.8. The lowest BCUT2D eigenvalue weighted by molar-refractivity contribution is 0.0310. The molecule has 0 radical (unpaired) electrons. The zero-order chi connectivity index (χ0) is 12.3. The van der Waals surface area contributed by atoms with Gasteiger partial charge in [-0.15, -0.1) is 0 Å². The largest absolute Gasteiger partial charge is 0.449 e. The van der Waals surface area contributed by atoms with Gasteiger partial charge < -0.3 is 15.8 Å². The third-order valence-electron chi connectivity index (χ3n) is 4.02. The summed E-state index contributed by atoms with van der Waals surface area (Å²) < 4.78 is 5.04. The van der Waals surface area contributed by atoms with Crippen LogP contribution in [0.15, 0.2) is 24.3 Å². The molecule has 1 saturated carbocycles. The minimum atomic E-state index is -0.684. The topological polar surface area (TPSA) is 64.3 Å². The summed E-state index contributed by atoms with van der Waals surface area (Å²) in [6, 6.07) is 0.602. The molecular formula is C13H20N2O2. The first-order valence-electron chi connectivity index (χ1n) is 6.10. The average Bonchev–Trinajstić information content (AvgIpc) is 2.26. The van der Waals surface area contributed by atoms with Gasteiger partial charge in [-0.25, -0.2) is 4.79 Å². The van der Waals surface area contributed by atoms with Crippen LogP contribution >= 0.6 is 0 Å². The van der Waals surface area contributed by atoms with Crippen molar-refractivity contribution in [2.24, 2.45) is 17.1 Å². The zero-order valence-corrected chi connectivity index (χ0v) is 10.2. The zero-order valence-electron chi connectivity index (χ0n) is 10.2. The molecule has 0 bridgehead atoms. The van der Waals surface area contributed by atoms with Crippen molar-refractivity contribution in [3.8, 4) is 0 Å². The van der Waals surface area contributed by atoms with E-state index in [0.717, 1.165) is 19.3 Å². The fraction of sp³-hybridized carbons (Fsp3) is 0.615. The normalized spacial score (nSPS) is 35.4. The Morgan fingerprint density at radius 2 is 2.29 bits per heavy atom. The molecule has 2 aliphatic rings. The van der Waals surface area contributed by atoms with Crippen molar-refractivity contribution >= 4 is 6.09 Å². The molecule has 0 aromatic carbocycles. The fourth-order valence-corrected chi connectivity index (χ4v) is 2.74. The highest BCUT2D eigenvalue weighted by Crippen LogP contribution is 2.47. The number of carbonyl (C=O) groups excluding carboxylic acids is 1. The third kappa shape index (κ3) is 2.52. The van der Waals surface area contributed by atoms with E-state index in [9.17, 15) is 4.79 Å². The summed E-state index contributed by atoms with van der Waals surface area (Å²) in [5.41, 5.74) is 5.02. The molecule has 94 valence electrons. The van der Waals surface area contributed by atoms with Gasteiger partial charge in [-0.1, -0.05) is 24.3 Å². The van der Waals surface area contributed by atoms with Crippen molar-refractivity contribution in [2.75, 3.05) is 13.7 Å². The van der Waals surface area contributed by atoms with Crippen LogP contribution in [0.4, 0.5) is 4.79 Å². The summed E-state index contributed by atoms with van der Waals surface area (Å²) in [5, 5.41) is 3.28. The highest BCUT2D eigenvalue weighted by atomic mass is 16.5. The maximum atomic E-state index is 10.8. The average molecular weight is 236 g/mol. The van der Waals surface area contributed by atoms with Crippen molar-refractivity contribution in [2.45, 2.75) is 25.3 Å². The van der Waals surface area contributed by atoms with E-state index in [1.165, 1.54) is 0 Å². The van der Waals surface area contributed by atoms with Crippen molar-refractivity contribution < 1.29 is 9.53 Å². The number of allylic oxidation sites excluding steroid dienone is 3. The second-order valence-electron chi connectivity index (χ2n) is 4.99. The van der Waals surface area contributed by atoms with Crippen LogP contribution in [0.25, 0.3) is 0 Å². The number of ether oxygens (including phenoxy) is 1. The van der Waals surface area contributed by atoms with Crippen LogP contribution in [0.1, 0.15) is 19.3 Å². The van der Waals surface area contributed by atoms with Crippen LogP contribution in [-0.2, 0) is 4.74 Å². The molecule has 1 fully saturated rings. The van der Waals surface area contributed by atoms with Gasteiger partial charge in [-0.05, 0) is 32.2 Å². The van der Waals surface area contributed by atoms with Gasteiger partial charge >= 0.3 is 6.09 Å². The molecule has 4 nitrogen and oxygen atoms in total. The molecule has 4 heteroatoms. The summed E-state index contributed by atoms with van der Waals surface area (Å²) in [6.07, 6.45) is 10.9. The van der Waals surface area contributed by atoms with Crippen LogP contribution in [0.2, 0.25) is 0 Å². The number of rotatable bonds is 4. The molecule has 17 heavy (non-hydrogen) atoms. The summed E-state index contributed by atoms with van der Waals surface area (Å²) in [5.74, 6) is 0.570. The van der Waals surface area contributed by atoms with E-state index in [4.69, 9.17) is 10.5 Å². The molecule has 0 spiro atoms. The summed E-state index contributed by atoms with van der Waals surface area (Å²) in [6.45, 7) is 0.393. The number of nitrogens with one attached hydrogen (secondary N) is 1. The third-order valence-corrected chi connectivity index (χ3v) is 4.02. The smallest absolute Gasteiger partial charge is 0.404 e. The summed E-state index contributed by atoms with van der Waals surface area (Å²) in [7, 11) is 1.99. The molecule has 0 aliphatic heterocycles. The standard InChI is InChI=1S/C13H20N2O2/c1-15-11-7-10(8-11)13(9-17-12(14)16)5-3-2-4-6-13/h2-5,10-11,15H,6-9H2,1H3,(H2,14,16)/t10-,11+,13?. The quantitative estimate of drug-likeness (QED) is 0.779. The van der Waals surface area contributed by atoms with Crippen molar-refractivity contribution in [3.05, 3.63) is 24.3 Å². The lowest BCUT2D eigenvalue weighted by Crippen LogP contribution is -2.49. The van der Waals surface area contributed by atoms with Gasteiger partial charge in [0.2, 0.25) is 0 Å². The first kappa shape index (κ1) is 12.2. The van der Waals surface area contributed by atoms with E-state index in [1.807, 2.05) is 19.2 Å². The summed E-state index contributed by atoms with van der Waals surface area (Å²) >= 11 is 0. The number of hydrogen-bond donors (Lipinski definition) is 2. The number of amides is 1. The number of primary amides is 1. The van der Waals surface area contributed by atoms with Gasteiger partial charge in [0.25, 0.3) is 0 Å². The Kier molecular flexibility index (Phi) is 3.52. The molecule has 0 heterocycles. The molecule has 2 rings (SSSR count). The molecule has 0 saturated heterocycles. The maximum Gasteiger partial charge on any atom is 0.404 e. The van der Waals surface area contributed by atoms with E-state index in [0.29, 0.717) is 18.6 Å². The Balaban J connectivity index is 2.01. The summed E-state index contributed by atoms with van der Waals surface area (Å²) in [4.78, 5) is 10.8. The lowest BCUT2D eigenvalue weighted by Gasteiger charge is -2.47. The minimum absolute atomic E-state index is 0.0445. The number of hydrogen-bond acceptors (Lipinski definition) is 3. The molecule has 0 aromatic rings. The SMILES string of the molecule is CN[C@H]1C[C@@H](C2(COC(N)=O)C=CC=CC2)C1. The molecule has 1 amide bonds.